The zero-order chi connectivity index (χ0) is 52.4. The van der Waals surface area contributed by atoms with E-state index in [-0.39, 0.29) is 89.9 Å². The zero-order valence-corrected chi connectivity index (χ0v) is 41.3. The summed E-state index contributed by atoms with van der Waals surface area (Å²) in [5.41, 5.74) is 1.14. The third kappa shape index (κ3) is 9.87. The highest BCUT2D eigenvalue weighted by atomic mass is 35.5. The quantitative estimate of drug-likeness (QED) is 0.0777. The molecule has 3 aliphatic heterocycles. The lowest BCUT2D eigenvalue weighted by atomic mass is 10.0. The first-order valence-electron chi connectivity index (χ1n) is 23.1. The summed E-state index contributed by atoms with van der Waals surface area (Å²) in [6.45, 7) is 0.540. The number of amides is 7. The highest BCUT2D eigenvalue weighted by Crippen LogP contribution is 2.44. The second-order valence-corrected chi connectivity index (χ2v) is 18.0. The predicted octanol–water partition coefficient (Wildman–Crippen LogP) is 2.90. The van der Waals surface area contributed by atoms with E-state index >= 15 is 0 Å². The summed E-state index contributed by atoms with van der Waals surface area (Å²) in [6, 6.07) is 10.7. The van der Waals surface area contributed by atoms with E-state index in [1.165, 1.54) is 71.2 Å². The smallest absolute Gasteiger partial charge is 0.319 e. The Kier molecular flexibility index (Phi) is 14.5. The fourth-order valence-corrected chi connectivity index (χ4v) is 9.32. The van der Waals surface area contributed by atoms with Crippen molar-refractivity contribution in [3.05, 3.63) is 121 Å². The van der Waals surface area contributed by atoms with E-state index < -0.39 is 65.6 Å². The highest BCUT2D eigenvalue weighted by Gasteiger charge is 2.47. The summed E-state index contributed by atoms with van der Waals surface area (Å²) in [6.07, 6.45) is 5.77. The van der Waals surface area contributed by atoms with Crippen LogP contribution in [-0.2, 0) is 34.5 Å². The summed E-state index contributed by atoms with van der Waals surface area (Å²) in [7, 11) is 4.39. The normalized spacial score (nSPS) is 16.0. The van der Waals surface area contributed by atoms with Gasteiger partial charge in [-0.05, 0) is 61.6 Å². The van der Waals surface area contributed by atoms with Crippen molar-refractivity contribution in [1.29, 1.82) is 0 Å². The molecule has 3 N–H and O–H groups in total. The Balaban J connectivity index is 0.813. The van der Waals surface area contributed by atoms with Crippen LogP contribution in [0.2, 0.25) is 10.0 Å². The van der Waals surface area contributed by atoms with Crippen molar-refractivity contribution in [2.75, 3.05) is 38.8 Å². The van der Waals surface area contributed by atoms with Crippen molar-refractivity contribution in [3.8, 4) is 29.0 Å². The van der Waals surface area contributed by atoms with Crippen molar-refractivity contribution in [2.45, 2.75) is 57.3 Å². The first-order chi connectivity index (χ1) is 35.7. The molecule has 24 nitrogen and oxygen atoms in total. The summed E-state index contributed by atoms with van der Waals surface area (Å²) in [5, 5.41) is 16.6. The maximum atomic E-state index is 14.6. The first-order valence-corrected chi connectivity index (χ1v) is 23.9. The van der Waals surface area contributed by atoms with E-state index in [1.807, 2.05) is 4.57 Å². The lowest BCUT2D eigenvalue weighted by Crippen LogP contribution is -2.54. The lowest BCUT2D eigenvalue weighted by molar-refractivity contribution is -0.136. The van der Waals surface area contributed by atoms with Gasteiger partial charge in [-0.2, -0.15) is 4.98 Å². The Bertz CT molecular complexity index is 3320. The monoisotopic (exact) mass is 1050 g/mol. The van der Waals surface area contributed by atoms with Crippen molar-refractivity contribution < 1.29 is 47.8 Å². The molecule has 7 heterocycles. The van der Waals surface area contributed by atoms with E-state index in [9.17, 15) is 38.4 Å². The minimum atomic E-state index is -1.15. The average molecular weight is 1050 g/mol. The molecule has 0 bridgehead atoms. The van der Waals surface area contributed by atoms with E-state index in [1.54, 1.807) is 31.3 Å². The number of hydrogen-bond acceptors (Lipinski definition) is 16. The molecule has 1 saturated heterocycles. The van der Waals surface area contributed by atoms with Gasteiger partial charge in [0, 0.05) is 57.1 Å². The van der Waals surface area contributed by atoms with Crippen LogP contribution in [0.25, 0.3) is 11.4 Å². The minimum Gasteiger partial charge on any atom is -0.483 e. The molecular weight excluding hydrogens is 1010 g/mol. The number of aryl methyl sites for hydroxylation is 2. The molecule has 9 rings (SSSR count). The topological polar surface area (TPSA) is 286 Å². The van der Waals surface area contributed by atoms with Crippen LogP contribution < -0.4 is 40.6 Å². The maximum absolute atomic E-state index is 14.6. The number of imidazole rings is 1. The molecule has 0 aliphatic carbocycles. The molecular formula is C48H45Cl2N13O11. The maximum Gasteiger partial charge on any atom is 0.319 e. The summed E-state index contributed by atoms with van der Waals surface area (Å²) < 4.78 is 21.2. The number of unbranched alkanes of at least 4 members (excludes halogenated alkanes) is 1. The number of aromatic nitrogens is 8. The largest absolute Gasteiger partial charge is 0.483 e. The second kappa shape index (κ2) is 21.3. The molecule has 3 aliphatic rings. The Morgan fingerprint density at radius 1 is 0.838 bits per heavy atom. The van der Waals surface area contributed by atoms with E-state index in [4.69, 9.17) is 42.4 Å². The van der Waals surface area contributed by atoms with Crippen LogP contribution in [0.3, 0.4) is 0 Å². The predicted molar refractivity (Wildman–Crippen MR) is 261 cm³/mol. The number of ether oxygens (including phenoxy) is 3. The summed E-state index contributed by atoms with van der Waals surface area (Å²) in [4.78, 5) is 120. The van der Waals surface area contributed by atoms with Gasteiger partial charge in [-0.1, -0.05) is 46.6 Å². The second-order valence-electron chi connectivity index (χ2n) is 17.1. The van der Waals surface area contributed by atoms with Gasteiger partial charge in [0.1, 0.15) is 29.3 Å². The molecule has 4 aromatic heterocycles. The SMILES string of the molecule is COc1ncc(-c2nc3c(n2CCCn2cc(C(=O)NCCCCNC(=O)COc4cccc5c4C(=O)N(C4CCC(=O)NC4=O)C5=O)nn2)[C@@H](c2ccc(Cl)cc2)N(c2cc(Cl)cn(C)c2=O)C3=O)c(OC)n1. The molecule has 2 aromatic carbocycles. The number of methoxy groups -OCH3 is 2. The fraction of sp³-hybridized carbons (Fsp3) is 0.312. The average Bonchev–Trinajstić information content (AvgIpc) is 4.15. The van der Waals surface area contributed by atoms with E-state index in [0.717, 1.165) is 4.90 Å². The molecule has 382 valence electrons. The highest BCUT2D eigenvalue weighted by molar-refractivity contribution is 6.31. The number of piperidine rings is 1. The van der Waals surface area contributed by atoms with Crippen molar-refractivity contribution >= 4 is 70.2 Å². The third-order valence-electron chi connectivity index (χ3n) is 12.4. The number of rotatable bonds is 19. The van der Waals surface area contributed by atoms with Gasteiger partial charge in [0.2, 0.25) is 17.7 Å². The Morgan fingerprint density at radius 3 is 2.35 bits per heavy atom. The van der Waals surface area contributed by atoms with Gasteiger partial charge in [-0.15, -0.1) is 5.10 Å². The summed E-state index contributed by atoms with van der Waals surface area (Å²) >= 11 is 12.8. The molecule has 2 atom stereocenters. The molecule has 1 unspecified atom stereocenters. The van der Waals surface area contributed by atoms with Crippen LogP contribution in [0.5, 0.6) is 17.6 Å². The van der Waals surface area contributed by atoms with E-state index in [2.05, 4.69) is 36.2 Å². The number of imide groups is 2. The van der Waals surface area contributed by atoms with Crippen molar-refractivity contribution in [3.63, 3.8) is 0 Å². The molecule has 6 aromatic rings. The Hall–Kier alpha value is -8.51. The summed E-state index contributed by atoms with van der Waals surface area (Å²) in [5.74, 6) is -3.75. The number of hydrogen-bond donors (Lipinski definition) is 3. The van der Waals surface area contributed by atoms with Gasteiger partial charge in [0.25, 0.3) is 35.1 Å². The molecule has 1 fully saturated rings. The van der Waals surface area contributed by atoms with Gasteiger partial charge >= 0.3 is 6.01 Å². The van der Waals surface area contributed by atoms with Gasteiger partial charge in [-0.3, -0.25) is 58.2 Å². The van der Waals surface area contributed by atoms with Gasteiger partial charge < -0.3 is 34.0 Å². The number of anilines is 1. The third-order valence-corrected chi connectivity index (χ3v) is 12.9. The number of carbonyl (C=O) groups excluding carboxylic acids is 7. The fourth-order valence-electron chi connectivity index (χ4n) is 8.94. The van der Waals surface area contributed by atoms with Crippen molar-refractivity contribution in [1.82, 2.24) is 59.9 Å². The minimum absolute atomic E-state index is 0.000379. The van der Waals surface area contributed by atoms with E-state index in [0.29, 0.717) is 46.9 Å². The molecule has 0 radical (unpaired) electrons. The number of halogens is 2. The van der Waals surface area contributed by atoms with Gasteiger partial charge in [0.05, 0.1) is 47.8 Å². The number of fused-ring (bicyclic) bond motifs is 2. The molecule has 74 heavy (non-hydrogen) atoms. The van der Waals surface area contributed by atoms with Crippen LogP contribution >= 0.6 is 23.2 Å². The molecule has 0 spiro atoms. The van der Waals surface area contributed by atoms with Crippen LogP contribution in [0, 0.1) is 0 Å². The number of pyridine rings is 1. The van der Waals surface area contributed by atoms with Gasteiger partial charge in [0.15, 0.2) is 18.0 Å². The van der Waals surface area contributed by atoms with Crippen molar-refractivity contribution in [2.24, 2.45) is 7.05 Å². The van der Waals surface area contributed by atoms with Crippen LogP contribution in [-0.4, -0.2) is 125 Å². The molecule has 7 amide bonds. The molecule has 0 saturated carbocycles. The standard InChI is InChI=1S/C48H45Cl2N13O11/c1-59-22-27(50)20-32(45(59)69)62-38(25-10-12-26(49)13-11-25)39-37(47(62)71)55-40(29-21-53-48(73-3)56-43(29)72-2)61(39)19-7-18-60-23-30(57-58-60)41(66)52-17-5-4-16-51-35(65)24-74-33-9-6-8-28-36(33)46(70)63(44(28)68)31-14-15-34(64)54-42(31)67/h6,8-13,20-23,31,38H,4-5,7,14-19,24H2,1-3H3,(H,51,65)(H,52,66)(H,54,64,67)/t31?,38-/m1/s1. The number of benzene rings is 2. The van der Waals surface area contributed by atoms with Crippen LogP contribution in [0.1, 0.15) is 91.1 Å². The van der Waals surface area contributed by atoms with Crippen LogP contribution in [0.15, 0.2) is 71.9 Å². The lowest BCUT2D eigenvalue weighted by Gasteiger charge is -2.27. The Labute approximate surface area is 429 Å². The number of nitrogens with zero attached hydrogens (tertiary/aromatic N) is 10. The first kappa shape index (κ1) is 50.4. The molecule has 26 heteroatoms. The van der Waals surface area contributed by atoms with Crippen LogP contribution in [0.4, 0.5) is 5.69 Å². The number of carbonyl (C=O) groups is 7. The zero-order valence-electron chi connectivity index (χ0n) is 39.8. The van der Waals surface area contributed by atoms with Gasteiger partial charge in [-0.25, -0.2) is 9.97 Å². The number of nitrogens with one attached hydrogen (secondary N) is 3. The Morgan fingerprint density at radius 2 is 1.61 bits per heavy atom.